The summed E-state index contributed by atoms with van der Waals surface area (Å²) in [6.45, 7) is 0.274. The molecule has 1 aromatic rings. The van der Waals surface area contributed by atoms with Gasteiger partial charge in [-0.3, -0.25) is 0 Å². The topological polar surface area (TPSA) is 46.6 Å². The fraction of sp³-hybridized carbons (Fsp3) is 0.400. The Kier molecular flexibility index (Phi) is 5.43. The van der Waals surface area contributed by atoms with Crippen LogP contribution in [0.1, 0.15) is 5.56 Å². The molecule has 1 aromatic carbocycles. The highest BCUT2D eigenvalue weighted by Gasteiger charge is 2.18. The molecule has 4 nitrogen and oxygen atoms in total. The summed E-state index contributed by atoms with van der Waals surface area (Å²) in [5.74, 6) is 0.671. The molecule has 0 atom stereocenters. The fourth-order valence-electron chi connectivity index (χ4n) is 1.29. The lowest BCUT2D eigenvalue weighted by molar-refractivity contribution is 0.398. The normalized spacial score (nSPS) is 11.8. The van der Waals surface area contributed by atoms with Gasteiger partial charge in [0.05, 0.1) is 7.11 Å². The number of sulfonamides is 1. The summed E-state index contributed by atoms with van der Waals surface area (Å²) in [5, 5.41) is 0. The number of rotatable bonds is 5. The highest BCUT2D eigenvalue weighted by atomic mass is 79.9. The van der Waals surface area contributed by atoms with E-state index in [1.54, 1.807) is 13.2 Å². The summed E-state index contributed by atoms with van der Waals surface area (Å²) in [7, 11) is -0.155. The Morgan fingerprint density at radius 2 is 2.06 bits per heavy atom. The molecule has 0 saturated heterocycles. The van der Waals surface area contributed by atoms with Gasteiger partial charge in [-0.25, -0.2) is 8.42 Å². The van der Waals surface area contributed by atoms with E-state index in [1.165, 1.54) is 11.4 Å². The molecule has 0 fully saturated rings. The van der Waals surface area contributed by atoms with Gasteiger partial charge in [0.2, 0.25) is 10.0 Å². The largest absolute Gasteiger partial charge is 0.496 e. The predicted molar refractivity (Wildman–Crippen MR) is 74.9 cm³/mol. The van der Waals surface area contributed by atoms with Crippen molar-refractivity contribution in [3.63, 3.8) is 0 Å². The number of benzene rings is 1. The van der Waals surface area contributed by atoms with E-state index in [-0.39, 0.29) is 11.2 Å². The third kappa shape index (κ3) is 3.94. The second kappa shape index (κ2) is 6.17. The molecule has 0 N–H and O–H groups in total. The molecule has 0 aliphatic heterocycles. The molecule has 0 amide bonds. The zero-order valence-electron chi connectivity index (χ0n) is 9.48. The SMILES string of the molecule is COc1ccc(Br)cc1CN(C)S(=O)(=O)CBr. The van der Waals surface area contributed by atoms with Crippen molar-refractivity contribution >= 4 is 41.9 Å². The van der Waals surface area contributed by atoms with Crippen molar-refractivity contribution in [1.82, 2.24) is 4.31 Å². The van der Waals surface area contributed by atoms with E-state index in [9.17, 15) is 8.42 Å². The van der Waals surface area contributed by atoms with Crippen LogP contribution in [0.2, 0.25) is 0 Å². The maximum absolute atomic E-state index is 11.6. The Balaban J connectivity index is 2.99. The van der Waals surface area contributed by atoms with E-state index in [0.717, 1.165) is 10.0 Å². The summed E-state index contributed by atoms with van der Waals surface area (Å²) in [4.78, 5) is 0. The van der Waals surface area contributed by atoms with Crippen LogP contribution in [-0.4, -0.2) is 31.5 Å². The predicted octanol–water partition coefficient (Wildman–Crippen LogP) is 2.57. The van der Waals surface area contributed by atoms with Gasteiger partial charge in [-0.1, -0.05) is 31.9 Å². The van der Waals surface area contributed by atoms with Gasteiger partial charge in [0.1, 0.15) is 10.4 Å². The van der Waals surface area contributed by atoms with Gasteiger partial charge in [-0.05, 0) is 18.2 Å². The minimum atomic E-state index is -3.26. The molecular weight excluding hydrogens is 374 g/mol. The van der Waals surface area contributed by atoms with E-state index >= 15 is 0 Å². The Morgan fingerprint density at radius 1 is 1.41 bits per heavy atom. The average Bonchev–Trinajstić information content (AvgIpc) is 2.29. The third-order valence-electron chi connectivity index (χ3n) is 2.25. The second-order valence-corrected chi connectivity index (χ2v) is 7.73. The molecule has 96 valence electrons. The van der Waals surface area contributed by atoms with Crippen LogP contribution >= 0.6 is 31.9 Å². The standard InChI is InChI=1S/C10H13Br2NO3S/c1-13(17(14,15)7-11)6-8-5-9(12)3-4-10(8)16-2/h3-5H,6-7H2,1-2H3. The van der Waals surface area contributed by atoms with Crippen molar-refractivity contribution in [2.75, 3.05) is 18.8 Å². The summed E-state index contributed by atoms with van der Waals surface area (Å²) in [5.41, 5.74) is 0.814. The van der Waals surface area contributed by atoms with Gasteiger partial charge < -0.3 is 4.74 Å². The Morgan fingerprint density at radius 3 is 2.59 bits per heavy atom. The zero-order valence-corrected chi connectivity index (χ0v) is 13.5. The Labute approximate surface area is 118 Å². The van der Waals surface area contributed by atoms with Gasteiger partial charge in [0.25, 0.3) is 0 Å². The van der Waals surface area contributed by atoms with Gasteiger partial charge in [-0.2, -0.15) is 4.31 Å². The van der Waals surface area contributed by atoms with Crippen LogP contribution in [0.3, 0.4) is 0 Å². The highest BCUT2D eigenvalue weighted by molar-refractivity contribution is 9.10. The van der Waals surface area contributed by atoms with E-state index < -0.39 is 10.0 Å². The quantitative estimate of drug-likeness (QED) is 0.730. The molecule has 0 bridgehead atoms. The van der Waals surface area contributed by atoms with E-state index in [1.807, 2.05) is 12.1 Å². The highest BCUT2D eigenvalue weighted by Crippen LogP contribution is 2.24. The van der Waals surface area contributed by atoms with Crippen LogP contribution in [0.5, 0.6) is 5.75 Å². The first-order valence-electron chi connectivity index (χ1n) is 4.73. The monoisotopic (exact) mass is 385 g/mol. The molecule has 0 aromatic heterocycles. The molecule has 7 heteroatoms. The van der Waals surface area contributed by atoms with Crippen molar-refractivity contribution in [3.05, 3.63) is 28.2 Å². The lowest BCUT2D eigenvalue weighted by Gasteiger charge is -2.17. The minimum absolute atomic E-state index is 0.0905. The van der Waals surface area contributed by atoms with Crippen molar-refractivity contribution in [2.24, 2.45) is 0 Å². The van der Waals surface area contributed by atoms with Gasteiger partial charge in [0.15, 0.2) is 0 Å². The lowest BCUT2D eigenvalue weighted by atomic mass is 10.2. The van der Waals surface area contributed by atoms with Crippen molar-refractivity contribution in [3.8, 4) is 5.75 Å². The van der Waals surface area contributed by atoms with Crippen molar-refractivity contribution in [1.29, 1.82) is 0 Å². The maximum atomic E-state index is 11.6. The van der Waals surface area contributed by atoms with Crippen LogP contribution in [0, 0.1) is 0 Å². The summed E-state index contributed by atoms with van der Waals surface area (Å²) < 4.78 is 30.5. The van der Waals surface area contributed by atoms with Crippen molar-refractivity contribution < 1.29 is 13.2 Å². The molecule has 1 rings (SSSR count). The molecule has 0 heterocycles. The number of hydrogen-bond donors (Lipinski definition) is 0. The number of methoxy groups -OCH3 is 1. The minimum Gasteiger partial charge on any atom is -0.496 e. The number of nitrogens with zero attached hydrogens (tertiary/aromatic N) is 1. The molecule has 0 radical (unpaired) electrons. The Bertz CT molecular complexity index is 490. The molecular formula is C10H13Br2NO3S. The van der Waals surface area contributed by atoms with Crippen LogP contribution in [0.25, 0.3) is 0 Å². The first-order chi connectivity index (χ1) is 7.90. The number of ether oxygens (including phenoxy) is 1. The van der Waals surface area contributed by atoms with Gasteiger partial charge in [-0.15, -0.1) is 0 Å². The first-order valence-corrected chi connectivity index (χ1v) is 8.25. The fourth-order valence-corrected chi connectivity index (χ4v) is 3.25. The number of hydrogen-bond acceptors (Lipinski definition) is 3. The van der Waals surface area contributed by atoms with Crippen LogP contribution in [0.15, 0.2) is 22.7 Å². The summed E-state index contributed by atoms with van der Waals surface area (Å²) >= 11 is 6.31. The average molecular weight is 387 g/mol. The van der Waals surface area contributed by atoms with Crippen LogP contribution in [0.4, 0.5) is 0 Å². The van der Waals surface area contributed by atoms with Crippen LogP contribution < -0.4 is 4.74 Å². The molecule has 17 heavy (non-hydrogen) atoms. The Hall–Kier alpha value is -0.110. The van der Waals surface area contributed by atoms with E-state index in [4.69, 9.17) is 4.74 Å². The number of alkyl halides is 1. The lowest BCUT2D eigenvalue weighted by Crippen LogP contribution is -2.27. The first kappa shape index (κ1) is 14.9. The second-order valence-electron chi connectivity index (χ2n) is 3.43. The molecule has 0 aliphatic carbocycles. The van der Waals surface area contributed by atoms with E-state index in [0.29, 0.717) is 5.75 Å². The van der Waals surface area contributed by atoms with Crippen molar-refractivity contribution in [2.45, 2.75) is 6.54 Å². The number of halogens is 2. The summed E-state index contributed by atoms with van der Waals surface area (Å²) in [6.07, 6.45) is 0. The van der Waals surface area contributed by atoms with Gasteiger partial charge in [0, 0.05) is 23.6 Å². The molecule has 0 unspecified atom stereocenters. The molecule has 0 saturated carbocycles. The molecule has 0 spiro atoms. The third-order valence-corrected chi connectivity index (χ3v) is 5.83. The van der Waals surface area contributed by atoms with Gasteiger partial charge >= 0.3 is 0 Å². The van der Waals surface area contributed by atoms with E-state index in [2.05, 4.69) is 31.9 Å². The maximum Gasteiger partial charge on any atom is 0.224 e. The zero-order chi connectivity index (χ0) is 13.1. The summed E-state index contributed by atoms with van der Waals surface area (Å²) in [6, 6.07) is 5.49. The molecule has 0 aliphatic rings. The smallest absolute Gasteiger partial charge is 0.224 e. The van der Waals surface area contributed by atoms with Crippen LogP contribution in [-0.2, 0) is 16.6 Å².